The largest absolute Gasteiger partial charge is 0.371 e. The molecule has 5 unspecified atom stereocenters. The molecule has 2 saturated carbocycles. The van der Waals surface area contributed by atoms with E-state index >= 15 is 0 Å². The van der Waals surface area contributed by atoms with Crippen molar-refractivity contribution < 1.29 is 9.53 Å². The molecule has 0 aromatic heterocycles. The monoisotopic (exact) mass is 218 g/mol. The van der Waals surface area contributed by atoms with Crippen molar-refractivity contribution in [1.29, 1.82) is 0 Å². The minimum absolute atomic E-state index is 0.102. The van der Waals surface area contributed by atoms with Crippen molar-refractivity contribution in [3.63, 3.8) is 0 Å². The molecule has 2 heteroatoms. The SMILES string of the molecule is C[C@@H]1C2OC3(C)CC4(C=CC(=O)CC24)CC13. The van der Waals surface area contributed by atoms with Gasteiger partial charge in [-0.15, -0.1) is 0 Å². The van der Waals surface area contributed by atoms with Gasteiger partial charge in [-0.05, 0) is 43.1 Å². The maximum atomic E-state index is 11.6. The van der Waals surface area contributed by atoms with Crippen molar-refractivity contribution in [2.24, 2.45) is 23.2 Å². The van der Waals surface area contributed by atoms with Gasteiger partial charge in [0.25, 0.3) is 0 Å². The quantitative estimate of drug-likeness (QED) is 0.624. The average molecular weight is 218 g/mol. The van der Waals surface area contributed by atoms with Crippen LogP contribution in [-0.2, 0) is 9.53 Å². The zero-order valence-corrected chi connectivity index (χ0v) is 9.90. The fourth-order valence-corrected chi connectivity index (χ4v) is 5.17. The van der Waals surface area contributed by atoms with Gasteiger partial charge < -0.3 is 4.74 Å². The fraction of sp³-hybridized carbons (Fsp3) is 0.786. The summed E-state index contributed by atoms with van der Waals surface area (Å²) in [6.45, 7) is 4.60. The molecule has 5 rings (SSSR count). The number of hydrogen-bond donors (Lipinski definition) is 0. The highest BCUT2D eigenvalue weighted by molar-refractivity contribution is 5.91. The van der Waals surface area contributed by atoms with Gasteiger partial charge in [-0.3, -0.25) is 4.79 Å². The van der Waals surface area contributed by atoms with E-state index in [1.807, 2.05) is 6.08 Å². The Morgan fingerprint density at radius 3 is 3.00 bits per heavy atom. The van der Waals surface area contributed by atoms with Gasteiger partial charge in [0.15, 0.2) is 5.78 Å². The standard InChI is InChI=1S/C14H18O2/c1-8-11-6-14-4-3-9(15)5-10(14)12(8)16-13(11,2)7-14/h3-4,8,10-12H,5-7H2,1-2H3/t8-,10?,11?,12?,13?,14?/m0/s1. The molecule has 0 amide bonds. The first-order chi connectivity index (χ1) is 7.54. The molecule has 6 atom stereocenters. The maximum absolute atomic E-state index is 11.6. The lowest BCUT2D eigenvalue weighted by molar-refractivity contribution is -0.141. The molecule has 4 bridgehead atoms. The third-order valence-corrected chi connectivity index (χ3v) is 5.78. The Balaban J connectivity index is 1.87. The summed E-state index contributed by atoms with van der Waals surface area (Å²) in [5.41, 5.74) is 0.411. The summed E-state index contributed by atoms with van der Waals surface area (Å²) >= 11 is 0. The molecular formula is C14H18O2. The summed E-state index contributed by atoms with van der Waals surface area (Å²) in [6.07, 6.45) is 7.50. The second kappa shape index (κ2) is 2.45. The van der Waals surface area contributed by atoms with Gasteiger partial charge in [-0.1, -0.05) is 13.0 Å². The van der Waals surface area contributed by atoms with Gasteiger partial charge in [0.05, 0.1) is 11.7 Å². The van der Waals surface area contributed by atoms with Crippen LogP contribution in [0, 0.1) is 23.2 Å². The van der Waals surface area contributed by atoms with Crippen LogP contribution < -0.4 is 0 Å². The Hall–Kier alpha value is -0.630. The maximum Gasteiger partial charge on any atom is 0.155 e. The summed E-state index contributed by atoms with van der Waals surface area (Å²) in [5.74, 6) is 2.12. The van der Waals surface area contributed by atoms with Crippen LogP contribution in [0.3, 0.4) is 0 Å². The van der Waals surface area contributed by atoms with E-state index in [0.717, 1.165) is 6.42 Å². The van der Waals surface area contributed by atoms with E-state index in [-0.39, 0.29) is 5.60 Å². The first kappa shape index (κ1) is 9.41. The van der Waals surface area contributed by atoms with Crippen molar-refractivity contribution in [1.82, 2.24) is 0 Å². The van der Waals surface area contributed by atoms with E-state index in [9.17, 15) is 4.79 Å². The molecule has 5 aliphatic rings. The highest BCUT2D eigenvalue weighted by Gasteiger charge is 2.70. The number of allylic oxidation sites excluding steroid dienone is 2. The van der Waals surface area contributed by atoms with Crippen LogP contribution in [0.15, 0.2) is 12.2 Å². The van der Waals surface area contributed by atoms with Crippen molar-refractivity contribution in [3.05, 3.63) is 12.2 Å². The highest BCUT2D eigenvalue weighted by atomic mass is 16.5. The van der Waals surface area contributed by atoms with Crippen molar-refractivity contribution in [2.45, 2.75) is 44.8 Å². The Morgan fingerprint density at radius 1 is 1.44 bits per heavy atom. The van der Waals surface area contributed by atoms with Crippen LogP contribution in [0.2, 0.25) is 0 Å². The molecule has 3 aliphatic carbocycles. The molecule has 2 saturated heterocycles. The first-order valence-electron chi connectivity index (χ1n) is 6.44. The van der Waals surface area contributed by atoms with Crippen LogP contribution in [0.4, 0.5) is 0 Å². The number of ketones is 1. The second-order valence-corrected chi connectivity index (χ2v) is 6.59. The van der Waals surface area contributed by atoms with Crippen LogP contribution in [0.5, 0.6) is 0 Å². The lowest BCUT2D eigenvalue weighted by Gasteiger charge is -2.48. The summed E-state index contributed by atoms with van der Waals surface area (Å²) in [4.78, 5) is 11.6. The Kier molecular flexibility index (Phi) is 1.44. The molecule has 0 N–H and O–H groups in total. The Bertz CT molecular complexity index is 413. The molecule has 16 heavy (non-hydrogen) atoms. The van der Waals surface area contributed by atoms with Crippen LogP contribution in [0.1, 0.15) is 33.1 Å². The molecule has 2 nitrogen and oxygen atoms in total. The van der Waals surface area contributed by atoms with Gasteiger partial charge in [0.2, 0.25) is 0 Å². The van der Waals surface area contributed by atoms with E-state index in [0.29, 0.717) is 41.5 Å². The predicted octanol–water partition coefficient (Wildman–Crippen LogP) is 2.34. The zero-order chi connectivity index (χ0) is 11.1. The van der Waals surface area contributed by atoms with Gasteiger partial charge in [-0.2, -0.15) is 0 Å². The van der Waals surface area contributed by atoms with Crippen LogP contribution >= 0.6 is 0 Å². The molecule has 0 aromatic carbocycles. The minimum Gasteiger partial charge on any atom is -0.371 e. The normalized spacial score (nSPS) is 61.8. The number of carbonyl (C=O) groups is 1. The van der Waals surface area contributed by atoms with E-state index < -0.39 is 0 Å². The van der Waals surface area contributed by atoms with E-state index in [2.05, 4.69) is 19.9 Å². The van der Waals surface area contributed by atoms with E-state index in [1.54, 1.807) is 0 Å². The molecular weight excluding hydrogens is 200 g/mol. The van der Waals surface area contributed by atoms with Crippen molar-refractivity contribution >= 4 is 5.78 Å². The molecule has 0 radical (unpaired) electrons. The van der Waals surface area contributed by atoms with Gasteiger partial charge >= 0.3 is 0 Å². The van der Waals surface area contributed by atoms with E-state index in [4.69, 9.17) is 4.74 Å². The zero-order valence-electron chi connectivity index (χ0n) is 9.90. The molecule has 4 fully saturated rings. The second-order valence-electron chi connectivity index (χ2n) is 6.59. The van der Waals surface area contributed by atoms with Crippen molar-refractivity contribution in [2.75, 3.05) is 0 Å². The number of carbonyl (C=O) groups excluding carboxylic acids is 1. The number of rotatable bonds is 0. The molecule has 0 aromatic rings. The Labute approximate surface area is 96.0 Å². The molecule has 86 valence electrons. The minimum atomic E-state index is 0.102. The summed E-state index contributed by atoms with van der Waals surface area (Å²) in [6, 6.07) is 0. The lowest BCUT2D eigenvalue weighted by atomic mass is 9.59. The number of hydrogen-bond acceptors (Lipinski definition) is 2. The van der Waals surface area contributed by atoms with Crippen LogP contribution in [0.25, 0.3) is 0 Å². The first-order valence-corrected chi connectivity index (χ1v) is 6.44. The summed E-state index contributed by atoms with van der Waals surface area (Å²) in [5, 5.41) is 0. The summed E-state index contributed by atoms with van der Waals surface area (Å²) in [7, 11) is 0. The van der Waals surface area contributed by atoms with Crippen LogP contribution in [-0.4, -0.2) is 17.5 Å². The fourth-order valence-electron chi connectivity index (χ4n) is 5.17. The van der Waals surface area contributed by atoms with E-state index in [1.165, 1.54) is 6.42 Å². The average Bonchev–Trinajstić information content (AvgIpc) is 2.57. The smallest absolute Gasteiger partial charge is 0.155 e. The van der Waals surface area contributed by atoms with Gasteiger partial charge in [0.1, 0.15) is 0 Å². The Morgan fingerprint density at radius 2 is 2.25 bits per heavy atom. The predicted molar refractivity (Wildman–Crippen MR) is 59.9 cm³/mol. The number of ether oxygens (including phenoxy) is 1. The highest BCUT2D eigenvalue weighted by Crippen LogP contribution is 2.69. The summed E-state index contributed by atoms with van der Waals surface area (Å²) < 4.78 is 6.28. The molecule has 2 aliphatic heterocycles. The molecule has 2 heterocycles. The van der Waals surface area contributed by atoms with Crippen molar-refractivity contribution in [3.8, 4) is 0 Å². The third-order valence-electron chi connectivity index (χ3n) is 5.78. The third kappa shape index (κ3) is 0.839. The lowest BCUT2D eigenvalue weighted by Crippen LogP contribution is -2.48. The molecule has 1 spiro atoms. The van der Waals surface area contributed by atoms with Gasteiger partial charge in [0, 0.05) is 12.3 Å². The topological polar surface area (TPSA) is 26.3 Å². The van der Waals surface area contributed by atoms with Gasteiger partial charge in [-0.25, -0.2) is 0 Å².